The number of methoxy groups -OCH3 is 1. The quantitative estimate of drug-likeness (QED) is 0.700. The Morgan fingerprint density at radius 2 is 1.95 bits per heavy atom. The first-order valence-corrected chi connectivity index (χ1v) is 6.89. The third-order valence-electron chi connectivity index (χ3n) is 4.12. The molecule has 1 rings (SSSR count). The van der Waals surface area contributed by atoms with Gasteiger partial charge in [-0.1, -0.05) is 37.0 Å². The van der Waals surface area contributed by atoms with Crippen LogP contribution in [-0.4, -0.2) is 38.0 Å². The second-order valence-electron chi connectivity index (χ2n) is 5.29. The Labute approximate surface area is 123 Å². The summed E-state index contributed by atoms with van der Waals surface area (Å²) in [6.45, 7) is 5.16. The topological polar surface area (TPSA) is 55.8 Å². The van der Waals surface area contributed by atoms with E-state index >= 15 is 0 Å². The summed E-state index contributed by atoms with van der Waals surface area (Å²) < 4.78 is 10.4. The molecule has 1 fully saturated rings. The summed E-state index contributed by atoms with van der Waals surface area (Å²) in [5, 5.41) is 9.53. The van der Waals surface area contributed by atoms with Gasteiger partial charge in [0.1, 0.15) is 4.49 Å². The second-order valence-corrected chi connectivity index (χ2v) is 6.30. The van der Waals surface area contributed by atoms with Crippen LogP contribution in [-0.2, 0) is 14.3 Å². The Hall–Kier alpha value is -0.290. The van der Waals surface area contributed by atoms with Gasteiger partial charge in [-0.2, -0.15) is 0 Å². The third-order valence-corrected chi connectivity index (χ3v) is 4.37. The first-order valence-electron chi connectivity index (χ1n) is 6.13. The minimum atomic E-state index is -0.852. The van der Waals surface area contributed by atoms with Gasteiger partial charge in [0.2, 0.25) is 0 Å². The van der Waals surface area contributed by atoms with Gasteiger partial charge in [0.25, 0.3) is 0 Å². The van der Waals surface area contributed by atoms with Gasteiger partial charge in [-0.3, -0.25) is 4.79 Å². The number of rotatable bonds is 8. The molecule has 4 nitrogen and oxygen atoms in total. The van der Waals surface area contributed by atoms with Crippen LogP contribution in [0.5, 0.6) is 0 Å². The van der Waals surface area contributed by atoms with E-state index in [-0.39, 0.29) is 15.8 Å². The van der Waals surface area contributed by atoms with Crippen LogP contribution in [0.3, 0.4) is 0 Å². The van der Waals surface area contributed by atoms with Crippen molar-refractivity contribution in [2.75, 3.05) is 26.9 Å². The van der Waals surface area contributed by atoms with E-state index in [1.54, 1.807) is 13.2 Å². The molecule has 0 saturated heterocycles. The van der Waals surface area contributed by atoms with Crippen molar-refractivity contribution in [1.82, 2.24) is 0 Å². The highest BCUT2D eigenvalue weighted by Gasteiger charge is 2.74. The van der Waals surface area contributed by atoms with E-state index in [0.29, 0.717) is 26.2 Å². The maximum absolute atomic E-state index is 11.6. The monoisotopic (exact) mass is 310 g/mol. The fourth-order valence-corrected chi connectivity index (χ4v) is 3.09. The lowest BCUT2D eigenvalue weighted by atomic mass is 9.92. The number of hydrogen-bond acceptors (Lipinski definition) is 3. The smallest absolute Gasteiger partial charge is 0.310 e. The number of halogens is 2. The van der Waals surface area contributed by atoms with Gasteiger partial charge in [-0.05, 0) is 17.9 Å². The highest BCUT2D eigenvalue weighted by Crippen LogP contribution is 2.71. The summed E-state index contributed by atoms with van der Waals surface area (Å²) in [6, 6.07) is 0. The lowest BCUT2D eigenvalue weighted by Crippen LogP contribution is -2.24. The van der Waals surface area contributed by atoms with Gasteiger partial charge < -0.3 is 14.6 Å². The number of hydrogen-bond donors (Lipinski definition) is 1. The average Bonchev–Trinajstić information content (AvgIpc) is 2.75. The van der Waals surface area contributed by atoms with Crippen LogP contribution >= 0.6 is 23.2 Å². The molecule has 1 aliphatic carbocycles. The standard InChI is InChI=1S/C13H20Cl2O4/c1-12(2)9(8-10(14)15)13(12,11(16)17)4-5-19-7-6-18-3/h8-9H,4-7H2,1-3H3,(H,16,17). The minimum Gasteiger partial charge on any atom is -0.481 e. The van der Waals surface area contributed by atoms with Crippen LogP contribution in [0.1, 0.15) is 20.3 Å². The number of ether oxygens (including phenoxy) is 2. The SMILES string of the molecule is COCCOCCC1(C(=O)O)C(C=C(Cl)Cl)C1(C)C. The molecular formula is C13H20Cl2O4. The Kier molecular flexibility index (Phi) is 5.68. The fourth-order valence-electron chi connectivity index (χ4n) is 2.84. The molecule has 6 heteroatoms. The van der Waals surface area contributed by atoms with Crippen molar-refractivity contribution in [1.29, 1.82) is 0 Å². The molecule has 0 aromatic carbocycles. The van der Waals surface area contributed by atoms with Gasteiger partial charge in [-0.15, -0.1) is 0 Å². The van der Waals surface area contributed by atoms with Crippen molar-refractivity contribution in [2.24, 2.45) is 16.7 Å². The molecule has 0 aliphatic heterocycles. The fraction of sp³-hybridized carbons (Fsp3) is 0.769. The molecule has 19 heavy (non-hydrogen) atoms. The van der Waals surface area contributed by atoms with E-state index in [1.165, 1.54) is 0 Å². The Morgan fingerprint density at radius 1 is 1.32 bits per heavy atom. The number of aliphatic carboxylic acids is 1. The van der Waals surface area contributed by atoms with Crippen molar-refractivity contribution < 1.29 is 19.4 Å². The van der Waals surface area contributed by atoms with E-state index in [9.17, 15) is 9.90 Å². The Bertz CT molecular complexity index is 364. The van der Waals surface area contributed by atoms with Gasteiger partial charge in [0.05, 0.1) is 18.6 Å². The molecule has 0 bridgehead atoms. The van der Waals surface area contributed by atoms with Crippen LogP contribution in [0.4, 0.5) is 0 Å². The van der Waals surface area contributed by atoms with Gasteiger partial charge >= 0.3 is 5.97 Å². The molecule has 1 saturated carbocycles. The molecule has 0 amide bonds. The van der Waals surface area contributed by atoms with E-state index in [1.807, 2.05) is 13.8 Å². The van der Waals surface area contributed by atoms with E-state index in [2.05, 4.69) is 0 Å². The van der Waals surface area contributed by atoms with Crippen molar-refractivity contribution in [3.63, 3.8) is 0 Å². The van der Waals surface area contributed by atoms with Crippen molar-refractivity contribution >= 4 is 29.2 Å². The predicted molar refractivity (Wildman–Crippen MR) is 74.4 cm³/mol. The molecule has 2 atom stereocenters. The lowest BCUT2D eigenvalue weighted by molar-refractivity contribution is -0.146. The maximum Gasteiger partial charge on any atom is 0.310 e. The molecule has 2 unspecified atom stereocenters. The largest absolute Gasteiger partial charge is 0.481 e. The number of carbonyl (C=O) groups is 1. The molecule has 1 aliphatic rings. The normalized spacial score (nSPS) is 27.9. The van der Waals surface area contributed by atoms with Gasteiger partial charge in [0, 0.05) is 19.6 Å². The Morgan fingerprint density at radius 3 is 2.42 bits per heavy atom. The zero-order chi connectivity index (χ0) is 14.7. The first kappa shape index (κ1) is 16.8. The summed E-state index contributed by atoms with van der Waals surface area (Å²) in [4.78, 5) is 11.6. The molecule has 0 aromatic heterocycles. The number of carboxylic acid groups (broad SMARTS) is 1. The molecule has 0 spiro atoms. The third kappa shape index (κ3) is 3.24. The molecule has 110 valence electrons. The van der Waals surface area contributed by atoms with Crippen LogP contribution in [0.15, 0.2) is 10.6 Å². The van der Waals surface area contributed by atoms with Crippen molar-refractivity contribution in [3.05, 3.63) is 10.6 Å². The zero-order valence-corrected chi connectivity index (χ0v) is 12.9. The van der Waals surface area contributed by atoms with E-state index in [4.69, 9.17) is 32.7 Å². The van der Waals surface area contributed by atoms with Gasteiger partial charge in [0.15, 0.2) is 0 Å². The summed E-state index contributed by atoms with van der Waals surface area (Å²) in [5.74, 6) is -1.00. The van der Waals surface area contributed by atoms with E-state index in [0.717, 1.165) is 0 Å². The molecular weight excluding hydrogens is 291 g/mol. The molecule has 1 N–H and O–H groups in total. The van der Waals surface area contributed by atoms with E-state index < -0.39 is 11.4 Å². The van der Waals surface area contributed by atoms with Crippen molar-refractivity contribution in [3.8, 4) is 0 Å². The summed E-state index contributed by atoms with van der Waals surface area (Å²) in [7, 11) is 1.59. The highest BCUT2D eigenvalue weighted by molar-refractivity contribution is 6.55. The molecule has 0 radical (unpaired) electrons. The minimum absolute atomic E-state index is 0.113. The highest BCUT2D eigenvalue weighted by atomic mass is 35.5. The van der Waals surface area contributed by atoms with Crippen molar-refractivity contribution in [2.45, 2.75) is 20.3 Å². The van der Waals surface area contributed by atoms with Crippen LogP contribution in [0.2, 0.25) is 0 Å². The van der Waals surface area contributed by atoms with Gasteiger partial charge in [-0.25, -0.2) is 0 Å². The summed E-state index contributed by atoms with van der Waals surface area (Å²) in [6.07, 6.45) is 2.05. The maximum atomic E-state index is 11.6. The van der Waals surface area contributed by atoms with Crippen LogP contribution in [0.25, 0.3) is 0 Å². The van der Waals surface area contributed by atoms with Crippen LogP contribution in [0, 0.1) is 16.7 Å². The molecule has 0 heterocycles. The summed E-state index contributed by atoms with van der Waals surface area (Å²) in [5.41, 5.74) is -1.23. The lowest BCUT2D eigenvalue weighted by Gasteiger charge is -2.15. The number of carboxylic acids is 1. The van der Waals surface area contributed by atoms with Crippen LogP contribution < -0.4 is 0 Å². The number of allylic oxidation sites excluding steroid dienone is 1. The zero-order valence-electron chi connectivity index (χ0n) is 11.4. The Balaban J connectivity index is 2.67. The molecule has 0 aromatic rings. The summed E-state index contributed by atoms with van der Waals surface area (Å²) >= 11 is 11.3. The predicted octanol–water partition coefficient (Wildman–Crippen LogP) is 3.09. The second kappa shape index (κ2) is 6.44. The first-order chi connectivity index (χ1) is 8.80. The average molecular weight is 311 g/mol.